The van der Waals surface area contributed by atoms with Crippen LogP contribution in [-0.2, 0) is 12.1 Å². The third kappa shape index (κ3) is 1.67. The van der Waals surface area contributed by atoms with Crippen LogP contribution in [0.15, 0.2) is 12.5 Å². The maximum absolute atomic E-state index is 10.3. The van der Waals surface area contributed by atoms with Crippen LogP contribution < -0.4 is 5.32 Å². The molecule has 78 valence electrons. The molecule has 0 aromatic carbocycles. The van der Waals surface area contributed by atoms with Crippen LogP contribution in [0, 0.1) is 0 Å². The van der Waals surface area contributed by atoms with Crippen molar-refractivity contribution in [1.82, 2.24) is 14.9 Å². The SMILES string of the molecule is CCn1cnc(C2(O)CCCNC2)c1. The highest BCUT2D eigenvalue weighted by Gasteiger charge is 2.33. The molecular weight excluding hydrogens is 178 g/mol. The first-order valence-electron chi connectivity index (χ1n) is 5.20. The Morgan fingerprint density at radius 3 is 3.14 bits per heavy atom. The van der Waals surface area contributed by atoms with Gasteiger partial charge in [0.15, 0.2) is 0 Å². The van der Waals surface area contributed by atoms with Crippen LogP contribution in [0.2, 0.25) is 0 Å². The van der Waals surface area contributed by atoms with Gasteiger partial charge in [0.2, 0.25) is 0 Å². The molecule has 1 saturated heterocycles. The summed E-state index contributed by atoms with van der Waals surface area (Å²) in [6.45, 7) is 4.58. The number of nitrogens with one attached hydrogen (secondary N) is 1. The molecule has 0 amide bonds. The zero-order valence-corrected chi connectivity index (χ0v) is 8.53. The Bertz CT molecular complexity index is 302. The molecule has 1 fully saturated rings. The lowest BCUT2D eigenvalue weighted by atomic mass is 9.91. The van der Waals surface area contributed by atoms with Crippen LogP contribution in [0.1, 0.15) is 25.5 Å². The lowest BCUT2D eigenvalue weighted by Crippen LogP contribution is -2.43. The van der Waals surface area contributed by atoms with Crippen molar-refractivity contribution in [3.63, 3.8) is 0 Å². The van der Waals surface area contributed by atoms with Gasteiger partial charge in [-0.25, -0.2) is 4.98 Å². The topological polar surface area (TPSA) is 50.1 Å². The summed E-state index contributed by atoms with van der Waals surface area (Å²) in [5.74, 6) is 0. The summed E-state index contributed by atoms with van der Waals surface area (Å²) in [7, 11) is 0. The highest BCUT2D eigenvalue weighted by atomic mass is 16.3. The Labute approximate surface area is 84.0 Å². The maximum atomic E-state index is 10.3. The van der Waals surface area contributed by atoms with Crippen molar-refractivity contribution in [1.29, 1.82) is 0 Å². The van der Waals surface area contributed by atoms with Gasteiger partial charge in [0.05, 0.1) is 12.0 Å². The summed E-state index contributed by atoms with van der Waals surface area (Å²) in [5.41, 5.74) is 0.0464. The molecule has 0 spiro atoms. The average Bonchev–Trinajstić information content (AvgIpc) is 2.67. The second kappa shape index (κ2) is 3.71. The number of hydrogen-bond acceptors (Lipinski definition) is 3. The second-order valence-electron chi connectivity index (χ2n) is 3.90. The molecule has 1 aromatic heterocycles. The van der Waals surface area contributed by atoms with Gasteiger partial charge in [-0.05, 0) is 26.3 Å². The van der Waals surface area contributed by atoms with Crippen LogP contribution in [0.5, 0.6) is 0 Å². The molecular formula is C10H17N3O. The molecule has 2 N–H and O–H groups in total. The highest BCUT2D eigenvalue weighted by Crippen LogP contribution is 2.26. The zero-order valence-electron chi connectivity index (χ0n) is 8.53. The first-order valence-corrected chi connectivity index (χ1v) is 5.20. The number of nitrogens with zero attached hydrogens (tertiary/aromatic N) is 2. The van der Waals surface area contributed by atoms with Gasteiger partial charge in [-0.3, -0.25) is 0 Å². The van der Waals surface area contributed by atoms with Crippen molar-refractivity contribution < 1.29 is 5.11 Å². The molecule has 1 unspecified atom stereocenters. The second-order valence-corrected chi connectivity index (χ2v) is 3.90. The molecule has 4 heteroatoms. The largest absolute Gasteiger partial charge is 0.382 e. The van der Waals surface area contributed by atoms with E-state index in [9.17, 15) is 5.11 Å². The first-order chi connectivity index (χ1) is 6.74. The predicted molar refractivity (Wildman–Crippen MR) is 53.9 cm³/mol. The normalized spacial score (nSPS) is 27.9. The smallest absolute Gasteiger partial charge is 0.120 e. The number of aryl methyl sites for hydroxylation is 1. The molecule has 1 atom stereocenters. The number of piperidine rings is 1. The van der Waals surface area contributed by atoms with Crippen molar-refractivity contribution >= 4 is 0 Å². The van der Waals surface area contributed by atoms with E-state index in [1.54, 1.807) is 6.33 Å². The van der Waals surface area contributed by atoms with Gasteiger partial charge >= 0.3 is 0 Å². The fraction of sp³-hybridized carbons (Fsp3) is 0.700. The standard InChI is InChI=1S/C10H17N3O/c1-2-13-6-9(12-8-13)10(14)4-3-5-11-7-10/h6,8,11,14H,2-5,7H2,1H3. The predicted octanol–water partition coefficient (Wildman–Crippen LogP) is 0.474. The molecule has 2 heterocycles. The van der Waals surface area contributed by atoms with E-state index in [0.29, 0.717) is 6.54 Å². The van der Waals surface area contributed by atoms with Crippen molar-refractivity contribution in [2.45, 2.75) is 31.9 Å². The lowest BCUT2D eigenvalue weighted by molar-refractivity contribution is 0.00851. The number of aromatic nitrogens is 2. The van der Waals surface area contributed by atoms with Crippen LogP contribution in [-0.4, -0.2) is 27.7 Å². The van der Waals surface area contributed by atoms with E-state index in [0.717, 1.165) is 31.6 Å². The Balaban J connectivity index is 2.19. The molecule has 0 bridgehead atoms. The fourth-order valence-corrected chi connectivity index (χ4v) is 1.88. The van der Waals surface area contributed by atoms with Crippen LogP contribution in [0.3, 0.4) is 0 Å². The molecule has 0 saturated carbocycles. The zero-order chi connectivity index (χ0) is 10.0. The lowest BCUT2D eigenvalue weighted by Gasteiger charge is -2.30. The number of hydrogen-bond donors (Lipinski definition) is 2. The minimum atomic E-state index is -0.751. The van der Waals surface area contributed by atoms with Gasteiger partial charge in [0, 0.05) is 19.3 Å². The van der Waals surface area contributed by atoms with E-state index < -0.39 is 5.60 Å². The first kappa shape index (κ1) is 9.68. The number of β-amino-alcohol motifs (C(OH)–C–C–N with tert-alkyl or cyclic N) is 1. The molecule has 14 heavy (non-hydrogen) atoms. The van der Waals surface area contributed by atoms with Gasteiger partial charge in [-0.2, -0.15) is 0 Å². The summed E-state index contributed by atoms with van der Waals surface area (Å²) in [6, 6.07) is 0. The van der Waals surface area contributed by atoms with E-state index in [1.807, 2.05) is 10.8 Å². The summed E-state index contributed by atoms with van der Waals surface area (Å²) in [4.78, 5) is 4.26. The van der Waals surface area contributed by atoms with Crippen LogP contribution in [0.4, 0.5) is 0 Å². The molecule has 4 nitrogen and oxygen atoms in total. The van der Waals surface area contributed by atoms with Gasteiger partial charge in [0.25, 0.3) is 0 Å². The van der Waals surface area contributed by atoms with Crippen LogP contribution in [0.25, 0.3) is 0 Å². The van der Waals surface area contributed by atoms with E-state index >= 15 is 0 Å². The van der Waals surface area contributed by atoms with Gasteiger partial charge in [-0.15, -0.1) is 0 Å². The third-order valence-electron chi connectivity index (χ3n) is 2.84. The Morgan fingerprint density at radius 1 is 1.71 bits per heavy atom. The summed E-state index contributed by atoms with van der Waals surface area (Å²) in [5, 5.41) is 13.5. The monoisotopic (exact) mass is 195 g/mol. The summed E-state index contributed by atoms with van der Waals surface area (Å²) < 4.78 is 1.99. The molecule has 0 aliphatic carbocycles. The number of rotatable bonds is 2. The number of imidazole rings is 1. The van der Waals surface area contributed by atoms with E-state index in [2.05, 4.69) is 17.2 Å². The van der Waals surface area contributed by atoms with Gasteiger partial charge in [-0.1, -0.05) is 0 Å². The third-order valence-corrected chi connectivity index (χ3v) is 2.84. The molecule has 1 aliphatic heterocycles. The van der Waals surface area contributed by atoms with Crippen molar-refractivity contribution in [3.05, 3.63) is 18.2 Å². The molecule has 1 aromatic rings. The van der Waals surface area contributed by atoms with Gasteiger partial charge < -0.3 is 15.0 Å². The minimum Gasteiger partial charge on any atom is -0.382 e. The van der Waals surface area contributed by atoms with Crippen LogP contribution >= 0.6 is 0 Å². The highest BCUT2D eigenvalue weighted by molar-refractivity contribution is 5.11. The number of aliphatic hydroxyl groups is 1. The average molecular weight is 195 g/mol. The Kier molecular flexibility index (Phi) is 2.56. The molecule has 0 radical (unpaired) electrons. The van der Waals surface area contributed by atoms with E-state index in [4.69, 9.17) is 0 Å². The quantitative estimate of drug-likeness (QED) is 0.721. The van der Waals surface area contributed by atoms with Crippen molar-refractivity contribution in [2.75, 3.05) is 13.1 Å². The fourth-order valence-electron chi connectivity index (χ4n) is 1.88. The minimum absolute atomic E-state index is 0.619. The Hall–Kier alpha value is -0.870. The van der Waals surface area contributed by atoms with E-state index in [-0.39, 0.29) is 0 Å². The maximum Gasteiger partial charge on any atom is 0.120 e. The van der Waals surface area contributed by atoms with Crippen molar-refractivity contribution in [2.24, 2.45) is 0 Å². The summed E-state index contributed by atoms with van der Waals surface area (Å²) in [6.07, 6.45) is 5.53. The van der Waals surface area contributed by atoms with E-state index in [1.165, 1.54) is 0 Å². The molecule has 2 rings (SSSR count). The summed E-state index contributed by atoms with van der Waals surface area (Å²) >= 11 is 0. The Morgan fingerprint density at radius 2 is 2.57 bits per heavy atom. The van der Waals surface area contributed by atoms with Gasteiger partial charge in [0.1, 0.15) is 5.60 Å². The molecule has 1 aliphatic rings. The van der Waals surface area contributed by atoms with Crippen molar-refractivity contribution in [3.8, 4) is 0 Å².